The van der Waals surface area contributed by atoms with Crippen LogP contribution in [0.1, 0.15) is 51.4 Å². The fourth-order valence-electron chi connectivity index (χ4n) is 4.15. The van der Waals surface area contributed by atoms with E-state index in [1.807, 2.05) is 0 Å². The van der Waals surface area contributed by atoms with Crippen molar-refractivity contribution in [1.29, 1.82) is 0 Å². The van der Waals surface area contributed by atoms with Crippen LogP contribution in [-0.2, 0) is 4.79 Å². The molecular weight excluding hydrogens is 236 g/mol. The molecule has 0 amide bonds. The zero-order chi connectivity index (χ0) is 13.1. The van der Waals surface area contributed by atoms with Gasteiger partial charge in [-0.3, -0.25) is 14.6 Å². The van der Waals surface area contributed by atoms with E-state index in [1.54, 1.807) is 0 Å². The molecule has 3 nitrogen and oxygen atoms in total. The van der Waals surface area contributed by atoms with Crippen molar-refractivity contribution in [3.63, 3.8) is 0 Å². The minimum absolute atomic E-state index is 0.396. The first-order valence-corrected chi connectivity index (χ1v) is 8.32. The second-order valence-corrected chi connectivity index (χ2v) is 6.70. The van der Waals surface area contributed by atoms with Gasteiger partial charge in [0, 0.05) is 38.1 Å². The topological polar surface area (TPSA) is 23.6 Å². The van der Waals surface area contributed by atoms with Gasteiger partial charge in [0.25, 0.3) is 0 Å². The lowest BCUT2D eigenvalue weighted by Gasteiger charge is -2.38. The summed E-state index contributed by atoms with van der Waals surface area (Å²) in [6, 6.07) is 0.854. The lowest BCUT2D eigenvalue weighted by molar-refractivity contribution is -0.124. The Bertz CT molecular complexity index is 298. The molecule has 3 heteroatoms. The van der Waals surface area contributed by atoms with E-state index < -0.39 is 0 Å². The summed E-state index contributed by atoms with van der Waals surface area (Å²) < 4.78 is 0. The van der Waals surface area contributed by atoms with E-state index in [0.29, 0.717) is 11.7 Å². The van der Waals surface area contributed by atoms with Crippen LogP contribution in [0.5, 0.6) is 0 Å². The van der Waals surface area contributed by atoms with Gasteiger partial charge in [-0.25, -0.2) is 0 Å². The van der Waals surface area contributed by atoms with Gasteiger partial charge in [-0.2, -0.15) is 0 Å². The average molecular weight is 264 g/mol. The molecule has 0 aromatic heterocycles. The van der Waals surface area contributed by atoms with Crippen molar-refractivity contribution >= 4 is 5.78 Å². The molecule has 0 unspecified atom stereocenters. The zero-order valence-electron chi connectivity index (χ0n) is 12.1. The SMILES string of the molecule is O=C(CN1CCN(C2CCCC2)CC1)C1CCCC1. The lowest BCUT2D eigenvalue weighted by Crippen LogP contribution is -2.51. The molecule has 1 saturated heterocycles. The Morgan fingerprint density at radius 1 is 0.842 bits per heavy atom. The number of carbonyl (C=O) groups is 1. The molecular formula is C16H28N2O. The van der Waals surface area contributed by atoms with Gasteiger partial charge in [-0.1, -0.05) is 25.7 Å². The maximum absolute atomic E-state index is 12.2. The number of Topliss-reactive ketones (excluding diaryl/α,β-unsaturated/α-hetero) is 1. The third-order valence-corrected chi connectivity index (χ3v) is 5.44. The van der Waals surface area contributed by atoms with E-state index in [-0.39, 0.29) is 0 Å². The summed E-state index contributed by atoms with van der Waals surface area (Å²) >= 11 is 0. The molecule has 0 aromatic carbocycles. The van der Waals surface area contributed by atoms with Gasteiger partial charge < -0.3 is 0 Å². The molecule has 1 aliphatic heterocycles. The number of rotatable bonds is 4. The minimum atomic E-state index is 0.396. The van der Waals surface area contributed by atoms with Gasteiger partial charge >= 0.3 is 0 Å². The third-order valence-electron chi connectivity index (χ3n) is 5.44. The van der Waals surface area contributed by atoms with E-state index in [4.69, 9.17) is 0 Å². The Kier molecular flexibility index (Phi) is 4.54. The maximum atomic E-state index is 12.2. The lowest BCUT2D eigenvalue weighted by atomic mass is 10.0. The van der Waals surface area contributed by atoms with Crippen LogP contribution in [0.25, 0.3) is 0 Å². The number of nitrogens with zero attached hydrogens (tertiary/aromatic N) is 2. The molecule has 3 rings (SSSR count). The van der Waals surface area contributed by atoms with Crippen LogP contribution in [0, 0.1) is 5.92 Å². The Labute approximate surface area is 117 Å². The molecule has 0 radical (unpaired) electrons. The van der Waals surface area contributed by atoms with Crippen molar-refractivity contribution in [2.75, 3.05) is 32.7 Å². The average Bonchev–Trinajstić information content (AvgIpc) is 3.13. The summed E-state index contributed by atoms with van der Waals surface area (Å²) in [6.45, 7) is 5.30. The van der Waals surface area contributed by atoms with Crippen LogP contribution < -0.4 is 0 Å². The Morgan fingerprint density at radius 2 is 1.42 bits per heavy atom. The Balaban J connectivity index is 1.41. The highest BCUT2D eigenvalue weighted by Crippen LogP contribution is 2.26. The molecule has 0 N–H and O–H groups in total. The molecule has 2 aliphatic carbocycles. The van der Waals surface area contributed by atoms with E-state index >= 15 is 0 Å². The minimum Gasteiger partial charge on any atom is -0.298 e. The molecule has 0 aromatic rings. The predicted molar refractivity (Wildman–Crippen MR) is 77.2 cm³/mol. The van der Waals surface area contributed by atoms with Gasteiger partial charge in [0.15, 0.2) is 0 Å². The first-order valence-electron chi connectivity index (χ1n) is 8.32. The summed E-state index contributed by atoms with van der Waals surface area (Å²) in [5.74, 6) is 0.916. The van der Waals surface area contributed by atoms with Crippen LogP contribution >= 0.6 is 0 Å². The quantitative estimate of drug-likeness (QED) is 0.778. The van der Waals surface area contributed by atoms with Crippen molar-refractivity contribution in [3.05, 3.63) is 0 Å². The summed E-state index contributed by atoms with van der Waals surface area (Å²) in [7, 11) is 0. The monoisotopic (exact) mass is 264 g/mol. The fourth-order valence-corrected chi connectivity index (χ4v) is 4.15. The molecule has 0 bridgehead atoms. The second kappa shape index (κ2) is 6.36. The number of hydrogen-bond acceptors (Lipinski definition) is 3. The smallest absolute Gasteiger partial charge is 0.149 e. The van der Waals surface area contributed by atoms with Gasteiger partial charge in [0.05, 0.1) is 6.54 Å². The molecule has 108 valence electrons. The molecule has 2 saturated carbocycles. The second-order valence-electron chi connectivity index (χ2n) is 6.70. The van der Waals surface area contributed by atoms with E-state index in [2.05, 4.69) is 9.80 Å². The van der Waals surface area contributed by atoms with Gasteiger partial charge in [0.1, 0.15) is 5.78 Å². The maximum Gasteiger partial charge on any atom is 0.149 e. The summed E-state index contributed by atoms with van der Waals surface area (Å²) in [6.07, 6.45) is 10.5. The number of carbonyl (C=O) groups excluding carboxylic acids is 1. The van der Waals surface area contributed by atoms with Gasteiger partial charge in [-0.15, -0.1) is 0 Å². The zero-order valence-corrected chi connectivity index (χ0v) is 12.1. The number of piperazine rings is 1. The molecule has 0 spiro atoms. The standard InChI is InChI=1S/C16H28N2O/c19-16(14-5-1-2-6-14)13-17-9-11-18(12-10-17)15-7-3-4-8-15/h14-15H,1-13H2. The molecule has 0 atom stereocenters. The van der Waals surface area contributed by atoms with Crippen molar-refractivity contribution in [1.82, 2.24) is 9.80 Å². The number of hydrogen-bond donors (Lipinski definition) is 0. The largest absolute Gasteiger partial charge is 0.298 e. The van der Waals surface area contributed by atoms with Crippen molar-refractivity contribution in [2.45, 2.75) is 57.4 Å². The van der Waals surface area contributed by atoms with E-state index in [0.717, 1.165) is 38.5 Å². The highest BCUT2D eigenvalue weighted by atomic mass is 16.1. The van der Waals surface area contributed by atoms with Gasteiger partial charge in [0.2, 0.25) is 0 Å². The summed E-state index contributed by atoms with van der Waals surface area (Å²) in [4.78, 5) is 17.3. The van der Waals surface area contributed by atoms with Crippen LogP contribution in [0.2, 0.25) is 0 Å². The summed E-state index contributed by atoms with van der Waals surface area (Å²) in [5.41, 5.74) is 0. The predicted octanol–water partition coefficient (Wildman–Crippen LogP) is 2.31. The fraction of sp³-hybridized carbons (Fsp3) is 0.938. The van der Waals surface area contributed by atoms with Crippen LogP contribution in [-0.4, -0.2) is 54.3 Å². The van der Waals surface area contributed by atoms with Crippen LogP contribution in [0.15, 0.2) is 0 Å². The highest BCUT2D eigenvalue weighted by Gasteiger charge is 2.28. The summed E-state index contributed by atoms with van der Waals surface area (Å²) in [5, 5.41) is 0. The Morgan fingerprint density at radius 3 is 2.05 bits per heavy atom. The van der Waals surface area contributed by atoms with E-state index in [1.165, 1.54) is 51.6 Å². The number of ketones is 1. The van der Waals surface area contributed by atoms with Gasteiger partial charge in [-0.05, 0) is 25.7 Å². The highest BCUT2D eigenvalue weighted by molar-refractivity contribution is 5.83. The molecule has 3 aliphatic rings. The molecule has 3 fully saturated rings. The third kappa shape index (κ3) is 3.38. The first kappa shape index (κ1) is 13.6. The van der Waals surface area contributed by atoms with Crippen LogP contribution in [0.4, 0.5) is 0 Å². The van der Waals surface area contributed by atoms with E-state index in [9.17, 15) is 4.79 Å². The first-order chi connectivity index (χ1) is 9.33. The molecule has 1 heterocycles. The van der Waals surface area contributed by atoms with Crippen LogP contribution in [0.3, 0.4) is 0 Å². The van der Waals surface area contributed by atoms with Crippen molar-refractivity contribution in [2.24, 2.45) is 5.92 Å². The normalized spacial score (nSPS) is 28.2. The van der Waals surface area contributed by atoms with Crippen molar-refractivity contribution < 1.29 is 4.79 Å². The molecule has 19 heavy (non-hydrogen) atoms. The van der Waals surface area contributed by atoms with Crippen molar-refractivity contribution in [3.8, 4) is 0 Å². The Hall–Kier alpha value is -0.410.